The lowest BCUT2D eigenvalue weighted by molar-refractivity contribution is 0.127. The Kier molecular flexibility index (Phi) is 4.64. The van der Waals surface area contributed by atoms with Crippen molar-refractivity contribution in [2.45, 2.75) is 76.0 Å². The zero-order valence-electron chi connectivity index (χ0n) is 15.0. The molecule has 0 N–H and O–H groups in total. The van der Waals surface area contributed by atoms with Crippen LogP contribution in [0.5, 0.6) is 5.75 Å². The van der Waals surface area contributed by atoms with Gasteiger partial charge >= 0.3 is 0 Å². The van der Waals surface area contributed by atoms with E-state index in [1.165, 1.54) is 41.4 Å². The van der Waals surface area contributed by atoms with Crippen LogP contribution in [0.15, 0.2) is 29.2 Å². The first kappa shape index (κ1) is 16.7. The molecule has 0 heterocycles. The minimum Gasteiger partial charge on any atom is -0.487 e. The molecule has 0 radical (unpaired) electrons. The molecule has 1 aliphatic rings. The van der Waals surface area contributed by atoms with Gasteiger partial charge in [-0.05, 0) is 69.0 Å². The molecule has 0 aromatic heterocycles. The Morgan fingerprint density at radius 3 is 2.39 bits per heavy atom. The van der Waals surface area contributed by atoms with Gasteiger partial charge in [0.15, 0.2) is 0 Å². The molecular weight excluding hydrogens is 300 g/mol. The second kappa shape index (κ2) is 6.39. The van der Waals surface area contributed by atoms with E-state index in [4.69, 9.17) is 4.74 Å². The van der Waals surface area contributed by atoms with Crippen LogP contribution in [0.2, 0.25) is 0 Å². The van der Waals surface area contributed by atoms with Gasteiger partial charge in [-0.15, -0.1) is 11.8 Å². The number of hydrogen-bond acceptors (Lipinski definition) is 2. The number of rotatable bonds is 3. The normalized spacial score (nSPS) is 15.0. The summed E-state index contributed by atoms with van der Waals surface area (Å²) in [6.45, 7) is 10.9. The minimum atomic E-state index is -0.172. The van der Waals surface area contributed by atoms with Crippen molar-refractivity contribution in [2.75, 3.05) is 0 Å². The summed E-state index contributed by atoms with van der Waals surface area (Å²) in [5.41, 5.74) is 2.94. The fraction of sp³-hybridized carbons (Fsp3) is 0.524. The second-order valence-electron chi connectivity index (χ2n) is 7.78. The molecule has 0 aliphatic heterocycles. The van der Waals surface area contributed by atoms with E-state index in [-0.39, 0.29) is 5.60 Å². The number of fused-ring (bicyclic) bond motifs is 3. The molecule has 0 atom stereocenters. The lowest BCUT2D eigenvalue weighted by Gasteiger charge is -2.26. The van der Waals surface area contributed by atoms with Crippen LogP contribution in [0, 0.1) is 0 Å². The third-order valence-electron chi connectivity index (χ3n) is 4.20. The van der Waals surface area contributed by atoms with Crippen LogP contribution in [0.3, 0.4) is 0 Å². The summed E-state index contributed by atoms with van der Waals surface area (Å²) < 4.78 is 6.31. The molecule has 1 nitrogen and oxygen atoms in total. The van der Waals surface area contributed by atoms with Gasteiger partial charge in [-0.1, -0.05) is 32.0 Å². The van der Waals surface area contributed by atoms with Gasteiger partial charge < -0.3 is 4.74 Å². The largest absolute Gasteiger partial charge is 0.487 e. The molecule has 2 aromatic carbocycles. The number of thioether (sulfide) groups is 1. The number of hydrogen-bond donors (Lipinski definition) is 0. The van der Waals surface area contributed by atoms with Gasteiger partial charge in [0.25, 0.3) is 0 Å². The Labute approximate surface area is 144 Å². The van der Waals surface area contributed by atoms with Crippen LogP contribution < -0.4 is 4.74 Å². The lowest BCUT2D eigenvalue weighted by atomic mass is 9.87. The molecule has 0 fully saturated rings. The van der Waals surface area contributed by atoms with Crippen LogP contribution in [0.1, 0.15) is 58.6 Å². The van der Waals surface area contributed by atoms with E-state index in [1.54, 1.807) is 11.1 Å². The summed E-state index contributed by atoms with van der Waals surface area (Å²) in [7, 11) is 0. The highest BCUT2D eigenvalue weighted by Gasteiger charge is 2.21. The quantitative estimate of drug-likeness (QED) is 0.603. The van der Waals surface area contributed by atoms with Crippen molar-refractivity contribution < 1.29 is 4.74 Å². The van der Waals surface area contributed by atoms with Crippen molar-refractivity contribution in [3.8, 4) is 5.75 Å². The smallest absolute Gasteiger partial charge is 0.134 e. The highest BCUT2D eigenvalue weighted by molar-refractivity contribution is 8.00. The molecule has 23 heavy (non-hydrogen) atoms. The fourth-order valence-electron chi connectivity index (χ4n) is 3.38. The molecule has 124 valence electrons. The molecule has 1 aliphatic carbocycles. The van der Waals surface area contributed by atoms with Gasteiger partial charge in [-0.3, -0.25) is 0 Å². The Morgan fingerprint density at radius 2 is 1.70 bits per heavy atom. The summed E-state index contributed by atoms with van der Waals surface area (Å²) in [4.78, 5) is 1.34. The molecule has 2 heteroatoms. The van der Waals surface area contributed by atoms with Gasteiger partial charge in [-0.25, -0.2) is 0 Å². The fourth-order valence-corrected chi connectivity index (χ4v) is 4.44. The highest BCUT2D eigenvalue weighted by Crippen LogP contribution is 2.43. The van der Waals surface area contributed by atoms with E-state index in [0.29, 0.717) is 5.25 Å². The first-order chi connectivity index (χ1) is 10.8. The highest BCUT2D eigenvalue weighted by atomic mass is 32.2. The Hall–Kier alpha value is -1.15. The van der Waals surface area contributed by atoms with E-state index >= 15 is 0 Å². The molecular formula is C21H28OS. The average Bonchev–Trinajstić information content (AvgIpc) is 2.47. The average molecular weight is 329 g/mol. The van der Waals surface area contributed by atoms with E-state index in [1.807, 2.05) is 11.8 Å². The molecule has 0 amide bonds. The molecule has 0 bridgehead atoms. The van der Waals surface area contributed by atoms with Crippen molar-refractivity contribution in [2.24, 2.45) is 0 Å². The maximum absolute atomic E-state index is 6.31. The third kappa shape index (κ3) is 3.68. The molecule has 0 spiro atoms. The van der Waals surface area contributed by atoms with Crippen LogP contribution >= 0.6 is 11.8 Å². The van der Waals surface area contributed by atoms with E-state index < -0.39 is 0 Å². The first-order valence-electron chi connectivity index (χ1n) is 8.78. The topological polar surface area (TPSA) is 9.23 Å². The second-order valence-corrected chi connectivity index (χ2v) is 9.37. The number of aryl methyl sites for hydroxylation is 2. The summed E-state index contributed by atoms with van der Waals surface area (Å²) >= 11 is 1.94. The Bertz CT molecular complexity index is 710. The van der Waals surface area contributed by atoms with Crippen molar-refractivity contribution in [3.63, 3.8) is 0 Å². The predicted octanol–water partition coefficient (Wildman–Crippen LogP) is 6.40. The molecule has 0 unspecified atom stereocenters. The SMILES string of the molecule is CC(C)Sc1c(OC(C)(C)C)ccc2ccc3c(c12)CCCC3. The summed E-state index contributed by atoms with van der Waals surface area (Å²) in [5, 5.41) is 3.35. The van der Waals surface area contributed by atoms with E-state index in [9.17, 15) is 0 Å². The zero-order valence-corrected chi connectivity index (χ0v) is 15.8. The van der Waals surface area contributed by atoms with Gasteiger partial charge in [0.2, 0.25) is 0 Å². The van der Waals surface area contributed by atoms with Crippen LogP contribution in [0.25, 0.3) is 10.8 Å². The van der Waals surface area contributed by atoms with Crippen LogP contribution in [-0.2, 0) is 12.8 Å². The van der Waals surface area contributed by atoms with Gasteiger partial charge in [0.1, 0.15) is 11.4 Å². The molecule has 2 aromatic rings. The van der Waals surface area contributed by atoms with Gasteiger partial charge in [0, 0.05) is 10.6 Å². The van der Waals surface area contributed by atoms with Crippen molar-refractivity contribution >= 4 is 22.5 Å². The monoisotopic (exact) mass is 328 g/mol. The summed E-state index contributed by atoms with van der Waals surface area (Å²) in [5.74, 6) is 1.04. The summed E-state index contributed by atoms with van der Waals surface area (Å²) in [6.07, 6.45) is 5.06. The first-order valence-corrected chi connectivity index (χ1v) is 9.66. The van der Waals surface area contributed by atoms with E-state index in [2.05, 4.69) is 58.9 Å². The van der Waals surface area contributed by atoms with Crippen molar-refractivity contribution in [1.29, 1.82) is 0 Å². The molecule has 0 saturated heterocycles. The zero-order chi connectivity index (χ0) is 16.6. The minimum absolute atomic E-state index is 0.172. The number of ether oxygens (including phenoxy) is 1. The lowest BCUT2D eigenvalue weighted by Crippen LogP contribution is -2.23. The Morgan fingerprint density at radius 1 is 1.00 bits per heavy atom. The standard InChI is InChI=1S/C21H28OS/c1-14(2)23-20-18(22-21(3,4)5)13-12-16-11-10-15-8-6-7-9-17(15)19(16)20/h10-14H,6-9H2,1-5H3. The van der Waals surface area contributed by atoms with Gasteiger partial charge in [-0.2, -0.15) is 0 Å². The van der Waals surface area contributed by atoms with E-state index in [0.717, 1.165) is 5.75 Å². The molecule has 3 rings (SSSR count). The predicted molar refractivity (Wildman–Crippen MR) is 102 cm³/mol. The van der Waals surface area contributed by atoms with Crippen LogP contribution in [0.4, 0.5) is 0 Å². The summed E-state index contributed by atoms with van der Waals surface area (Å²) in [6, 6.07) is 9.03. The van der Waals surface area contributed by atoms with Crippen molar-refractivity contribution in [1.82, 2.24) is 0 Å². The number of benzene rings is 2. The molecule has 0 saturated carbocycles. The van der Waals surface area contributed by atoms with Gasteiger partial charge in [0.05, 0.1) is 4.90 Å². The maximum atomic E-state index is 6.31. The maximum Gasteiger partial charge on any atom is 0.134 e. The Balaban J connectivity index is 2.24. The third-order valence-corrected chi connectivity index (χ3v) is 5.31. The van der Waals surface area contributed by atoms with Crippen molar-refractivity contribution in [3.05, 3.63) is 35.4 Å². The van der Waals surface area contributed by atoms with Crippen LogP contribution in [-0.4, -0.2) is 10.9 Å².